The Morgan fingerprint density at radius 3 is 2.26 bits per heavy atom. The van der Waals surface area contributed by atoms with Crippen molar-refractivity contribution in [3.05, 3.63) is 24.8 Å². The Morgan fingerprint density at radius 1 is 1.16 bits per heavy atom. The van der Waals surface area contributed by atoms with Gasteiger partial charge >= 0.3 is 0 Å². The lowest BCUT2D eigenvalue weighted by Gasteiger charge is -2.35. The Kier molecular flexibility index (Phi) is 4.55. The summed E-state index contributed by atoms with van der Waals surface area (Å²) < 4.78 is 1.94. The maximum Gasteiger partial charge on any atom is 0.142 e. The average Bonchev–Trinajstić information content (AvgIpc) is 3.22. The molecule has 1 saturated heterocycles. The molecule has 1 heterocycles. The molecule has 104 valence electrons. The van der Waals surface area contributed by atoms with Gasteiger partial charge in [0.2, 0.25) is 0 Å². The van der Waals surface area contributed by atoms with Crippen molar-refractivity contribution < 1.29 is 5.11 Å². The predicted octanol–water partition coefficient (Wildman–Crippen LogP) is 2.96. The van der Waals surface area contributed by atoms with E-state index in [0.29, 0.717) is 11.8 Å². The molecule has 5 heteroatoms. The van der Waals surface area contributed by atoms with Gasteiger partial charge in [0.1, 0.15) is 5.75 Å². The molecule has 19 heavy (non-hydrogen) atoms. The topological polar surface area (TPSA) is 35.5 Å². The van der Waals surface area contributed by atoms with E-state index in [-0.39, 0.29) is 0 Å². The summed E-state index contributed by atoms with van der Waals surface area (Å²) in [6.07, 6.45) is 2.70. The van der Waals surface area contributed by atoms with Crippen LogP contribution in [0.3, 0.4) is 0 Å². The Morgan fingerprint density at radius 2 is 1.74 bits per heavy atom. The van der Waals surface area contributed by atoms with Crippen LogP contribution in [0.1, 0.15) is 24.4 Å². The summed E-state index contributed by atoms with van der Waals surface area (Å²) >= 11 is 4.48. The van der Waals surface area contributed by atoms with Gasteiger partial charge in [0.25, 0.3) is 0 Å². The van der Waals surface area contributed by atoms with Crippen LogP contribution >= 0.6 is 45.2 Å². The van der Waals surface area contributed by atoms with Crippen LogP contribution in [0.5, 0.6) is 5.75 Å². The number of halogens is 2. The molecule has 0 unspecified atom stereocenters. The SMILES string of the molecule is Oc1c(I)cc([C@H](C2CC2)N2CCNCC2)cc1I. The molecule has 1 aliphatic heterocycles. The lowest BCUT2D eigenvalue weighted by atomic mass is 9.99. The maximum atomic E-state index is 9.94. The molecule has 1 atom stereocenters. The minimum absolute atomic E-state index is 0.430. The van der Waals surface area contributed by atoms with Crippen molar-refractivity contribution in [2.45, 2.75) is 18.9 Å². The van der Waals surface area contributed by atoms with Crippen LogP contribution in [0.2, 0.25) is 0 Å². The number of hydrogen-bond donors (Lipinski definition) is 2. The Hall–Kier alpha value is 0.400. The lowest BCUT2D eigenvalue weighted by Crippen LogP contribution is -2.45. The number of rotatable bonds is 3. The Balaban J connectivity index is 1.91. The molecule has 3 nitrogen and oxygen atoms in total. The second-order valence-electron chi connectivity index (χ2n) is 5.40. The number of nitrogens with zero attached hydrogens (tertiary/aromatic N) is 1. The van der Waals surface area contributed by atoms with Gasteiger partial charge in [-0.15, -0.1) is 0 Å². The number of aromatic hydroxyl groups is 1. The van der Waals surface area contributed by atoms with Gasteiger partial charge in [0, 0.05) is 32.2 Å². The van der Waals surface area contributed by atoms with Gasteiger partial charge in [-0.3, -0.25) is 4.90 Å². The van der Waals surface area contributed by atoms with Crippen LogP contribution in [-0.2, 0) is 0 Å². The van der Waals surface area contributed by atoms with E-state index >= 15 is 0 Å². The normalized spacial score (nSPS) is 22.4. The molecular weight excluding hydrogens is 466 g/mol. The van der Waals surface area contributed by atoms with Gasteiger partial charge in [-0.05, 0) is 81.6 Å². The molecule has 0 bridgehead atoms. The molecule has 0 radical (unpaired) electrons. The zero-order chi connectivity index (χ0) is 13.4. The van der Waals surface area contributed by atoms with E-state index in [9.17, 15) is 5.11 Å². The van der Waals surface area contributed by atoms with E-state index in [1.54, 1.807) is 0 Å². The van der Waals surface area contributed by atoms with Gasteiger partial charge in [-0.2, -0.15) is 0 Å². The molecule has 0 spiro atoms. The molecule has 1 aromatic carbocycles. The summed E-state index contributed by atoms with van der Waals surface area (Å²) in [5, 5.41) is 13.4. The molecule has 1 aromatic rings. The number of benzene rings is 1. The summed E-state index contributed by atoms with van der Waals surface area (Å²) in [7, 11) is 0. The first kappa shape index (κ1) is 14.3. The standard InChI is InChI=1S/C14H18I2N2O/c15-11-7-10(8-12(16)14(11)19)13(9-1-2-9)18-5-3-17-4-6-18/h7-9,13,17,19H,1-6H2/t13-/m0/s1. The van der Waals surface area contributed by atoms with Crippen molar-refractivity contribution in [1.29, 1.82) is 0 Å². The minimum Gasteiger partial charge on any atom is -0.506 e. The number of piperazine rings is 1. The van der Waals surface area contributed by atoms with Gasteiger partial charge in [-0.25, -0.2) is 0 Å². The van der Waals surface area contributed by atoms with Gasteiger partial charge in [0.05, 0.1) is 7.14 Å². The van der Waals surface area contributed by atoms with Gasteiger partial charge < -0.3 is 10.4 Å². The smallest absolute Gasteiger partial charge is 0.142 e. The average molecular weight is 484 g/mol. The second-order valence-corrected chi connectivity index (χ2v) is 7.73. The molecule has 0 aromatic heterocycles. The van der Waals surface area contributed by atoms with Crippen LogP contribution in [0.15, 0.2) is 12.1 Å². The fourth-order valence-electron chi connectivity index (χ4n) is 2.91. The predicted molar refractivity (Wildman–Crippen MR) is 93.4 cm³/mol. The minimum atomic E-state index is 0.430. The molecular formula is C14H18I2N2O. The number of phenolic OH excluding ortho intramolecular Hbond substituents is 1. The number of phenols is 1. The third-order valence-corrected chi connectivity index (χ3v) is 5.64. The Bertz CT molecular complexity index is 448. The van der Waals surface area contributed by atoms with E-state index in [4.69, 9.17) is 0 Å². The molecule has 3 rings (SSSR count). The van der Waals surface area contributed by atoms with E-state index in [2.05, 4.69) is 67.5 Å². The number of nitrogens with one attached hydrogen (secondary N) is 1. The highest BCUT2D eigenvalue weighted by Gasteiger charge is 2.37. The van der Waals surface area contributed by atoms with E-state index in [0.717, 1.165) is 39.2 Å². The fraction of sp³-hybridized carbons (Fsp3) is 0.571. The van der Waals surface area contributed by atoms with Gasteiger partial charge in [0.15, 0.2) is 0 Å². The van der Waals surface area contributed by atoms with Crippen LogP contribution in [0.25, 0.3) is 0 Å². The molecule has 2 fully saturated rings. The third-order valence-electron chi connectivity index (χ3n) is 3.99. The third kappa shape index (κ3) is 3.19. The van der Waals surface area contributed by atoms with Crippen molar-refractivity contribution in [2.24, 2.45) is 5.92 Å². The molecule has 0 amide bonds. The van der Waals surface area contributed by atoms with E-state index < -0.39 is 0 Å². The zero-order valence-electron chi connectivity index (χ0n) is 10.7. The van der Waals surface area contributed by atoms with Crippen molar-refractivity contribution in [3.8, 4) is 5.75 Å². The van der Waals surface area contributed by atoms with Crippen molar-refractivity contribution in [1.82, 2.24) is 10.2 Å². The number of hydrogen-bond acceptors (Lipinski definition) is 3. The molecule has 1 aliphatic carbocycles. The Labute approximate surface area is 141 Å². The van der Waals surface area contributed by atoms with Crippen molar-refractivity contribution >= 4 is 45.2 Å². The quantitative estimate of drug-likeness (QED) is 0.649. The first-order valence-electron chi connectivity index (χ1n) is 6.79. The monoisotopic (exact) mass is 484 g/mol. The van der Waals surface area contributed by atoms with Crippen LogP contribution < -0.4 is 5.32 Å². The lowest BCUT2D eigenvalue weighted by molar-refractivity contribution is 0.156. The second kappa shape index (κ2) is 6.03. The highest BCUT2D eigenvalue weighted by Crippen LogP contribution is 2.46. The summed E-state index contributed by atoms with van der Waals surface area (Å²) in [5.74, 6) is 1.24. The molecule has 2 N–H and O–H groups in total. The maximum absolute atomic E-state index is 9.94. The molecule has 1 saturated carbocycles. The van der Waals surface area contributed by atoms with Crippen molar-refractivity contribution in [2.75, 3.05) is 26.2 Å². The summed E-state index contributed by atoms with van der Waals surface area (Å²) in [6, 6.07) is 4.89. The fourth-order valence-corrected chi connectivity index (χ4v) is 4.73. The van der Waals surface area contributed by atoms with Crippen LogP contribution in [-0.4, -0.2) is 36.2 Å². The van der Waals surface area contributed by atoms with Crippen molar-refractivity contribution in [3.63, 3.8) is 0 Å². The van der Waals surface area contributed by atoms with Crippen LogP contribution in [0.4, 0.5) is 0 Å². The summed E-state index contributed by atoms with van der Waals surface area (Å²) in [4.78, 5) is 2.62. The zero-order valence-corrected chi connectivity index (χ0v) is 15.0. The van der Waals surface area contributed by atoms with Gasteiger partial charge in [-0.1, -0.05) is 0 Å². The molecule has 2 aliphatic rings. The van der Waals surface area contributed by atoms with Crippen LogP contribution in [0, 0.1) is 13.1 Å². The highest BCUT2D eigenvalue weighted by atomic mass is 127. The highest BCUT2D eigenvalue weighted by molar-refractivity contribution is 14.1. The summed E-state index contributed by atoms with van der Waals surface area (Å²) in [5.41, 5.74) is 1.39. The largest absolute Gasteiger partial charge is 0.506 e. The van der Waals surface area contributed by atoms with E-state index in [1.165, 1.54) is 18.4 Å². The summed E-state index contributed by atoms with van der Waals surface area (Å²) in [6.45, 7) is 4.45. The van der Waals surface area contributed by atoms with E-state index in [1.807, 2.05) is 0 Å². The first-order chi connectivity index (χ1) is 9.16. The first-order valence-corrected chi connectivity index (χ1v) is 8.95.